The summed E-state index contributed by atoms with van der Waals surface area (Å²) < 4.78 is 10.1. The molecule has 0 bridgehead atoms. The smallest absolute Gasteiger partial charge is 0.328 e. The van der Waals surface area contributed by atoms with E-state index in [0.29, 0.717) is 19.3 Å². The van der Waals surface area contributed by atoms with Gasteiger partial charge >= 0.3 is 11.9 Å². The molecule has 0 radical (unpaired) electrons. The van der Waals surface area contributed by atoms with Crippen LogP contribution in [0.2, 0.25) is 0 Å². The van der Waals surface area contributed by atoms with Crippen LogP contribution in [0.4, 0.5) is 0 Å². The molecule has 0 rings (SSSR count). The number of unbranched alkanes of at least 4 members (excludes halogenated alkanes) is 2. The summed E-state index contributed by atoms with van der Waals surface area (Å²) in [7, 11) is 0. The fourth-order valence-electron chi connectivity index (χ4n) is 1.92. The molecular weight excluding hydrogens is 286 g/mol. The highest BCUT2D eigenvalue weighted by Crippen LogP contribution is 2.12. The Labute approximate surface area is 132 Å². The van der Waals surface area contributed by atoms with Gasteiger partial charge in [-0.25, -0.2) is 4.79 Å². The van der Waals surface area contributed by atoms with Crippen molar-refractivity contribution >= 4 is 17.8 Å². The second-order valence-corrected chi connectivity index (χ2v) is 6.19. The van der Waals surface area contributed by atoms with Crippen molar-refractivity contribution in [2.24, 2.45) is 0 Å². The Morgan fingerprint density at radius 2 is 1.73 bits per heavy atom. The maximum atomic E-state index is 11.7. The lowest BCUT2D eigenvalue weighted by Crippen LogP contribution is -2.40. The number of amides is 1. The summed E-state index contributed by atoms with van der Waals surface area (Å²) in [6, 6.07) is -0.612. The van der Waals surface area contributed by atoms with Crippen LogP contribution in [0.15, 0.2) is 0 Å². The molecule has 0 aromatic rings. The number of ether oxygens (including phenoxy) is 2. The van der Waals surface area contributed by atoms with Gasteiger partial charge in [-0.15, -0.1) is 0 Å². The number of carbonyl (C=O) groups is 3. The Bertz CT molecular complexity index is 373. The van der Waals surface area contributed by atoms with Crippen molar-refractivity contribution in [1.29, 1.82) is 0 Å². The third-order valence-electron chi connectivity index (χ3n) is 2.74. The van der Waals surface area contributed by atoms with E-state index in [4.69, 9.17) is 9.47 Å². The van der Waals surface area contributed by atoms with Gasteiger partial charge in [-0.3, -0.25) is 9.59 Å². The minimum absolute atomic E-state index is 0.212. The molecule has 1 unspecified atom stereocenters. The molecule has 1 N–H and O–H groups in total. The van der Waals surface area contributed by atoms with Gasteiger partial charge in [-0.1, -0.05) is 12.8 Å². The maximum absolute atomic E-state index is 11.7. The van der Waals surface area contributed by atoms with Crippen molar-refractivity contribution in [1.82, 2.24) is 5.32 Å². The molecule has 1 amide bonds. The minimum atomic E-state index is -0.612. The third kappa shape index (κ3) is 11.1. The van der Waals surface area contributed by atoms with E-state index in [1.807, 2.05) is 20.8 Å². The number of hydrogen-bond acceptors (Lipinski definition) is 5. The Morgan fingerprint density at radius 3 is 2.23 bits per heavy atom. The zero-order valence-corrected chi connectivity index (χ0v) is 14.4. The van der Waals surface area contributed by atoms with Gasteiger partial charge in [0, 0.05) is 13.3 Å². The molecular formula is C16H29NO5. The molecule has 22 heavy (non-hydrogen) atoms. The van der Waals surface area contributed by atoms with Crippen LogP contribution in [-0.2, 0) is 23.9 Å². The minimum Gasteiger partial charge on any atom is -0.464 e. The fraction of sp³-hybridized carbons (Fsp3) is 0.812. The normalized spacial score (nSPS) is 12.4. The molecule has 1 atom stereocenters. The molecule has 0 aliphatic heterocycles. The lowest BCUT2D eigenvalue weighted by Gasteiger charge is -2.19. The first-order valence-electron chi connectivity index (χ1n) is 7.81. The van der Waals surface area contributed by atoms with Crippen LogP contribution in [-0.4, -0.2) is 36.1 Å². The Kier molecular flexibility index (Phi) is 9.45. The van der Waals surface area contributed by atoms with Crippen molar-refractivity contribution in [3.63, 3.8) is 0 Å². The van der Waals surface area contributed by atoms with Crippen molar-refractivity contribution in [2.45, 2.75) is 78.4 Å². The second-order valence-electron chi connectivity index (χ2n) is 6.19. The molecule has 0 aliphatic carbocycles. The van der Waals surface area contributed by atoms with E-state index < -0.39 is 17.6 Å². The van der Waals surface area contributed by atoms with Gasteiger partial charge in [-0.05, 0) is 40.5 Å². The van der Waals surface area contributed by atoms with Crippen LogP contribution >= 0.6 is 0 Å². The van der Waals surface area contributed by atoms with E-state index in [1.165, 1.54) is 6.92 Å². The monoisotopic (exact) mass is 315 g/mol. The highest BCUT2D eigenvalue weighted by molar-refractivity contribution is 5.83. The van der Waals surface area contributed by atoms with Crippen LogP contribution in [0, 0.1) is 0 Å². The summed E-state index contributed by atoms with van der Waals surface area (Å²) in [6.07, 6.45) is 3.08. The molecule has 128 valence electrons. The molecule has 0 fully saturated rings. The number of carbonyl (C=O) groups excluding carboxylic acids is 3. The molecule has 0 aromatic heterocycles. The van der Waals surface area contributed by atoms with Crippen LogP contribution in [0.5, 0.6) is 0 Å². The first-order chi connectivity index (χ1) is 10.2. The quantitative estimate of drug-likeness (QED) is 0.522. The first-order valence-corrected chi connectivity index (χ1v) is 7.81. The largest absolute Gasteiger partial charge is 0.464 e. The van der Waals surface area contributed by atoms with E-state index in [9.17, 15) is 14.4 Å². The summed E-state index contributed by atoms with van der Waals surface area (Å²) in [5.41, 5.74) is -0.461. The standard InChI is InChI=1S/C16H29NO5/c1-6-21-15(20)13(17-12(2)18)10-8-7-9-11-14(19)22-16(3,4)5/h13H,6-11H2,1-5H3,(H,17,18). The van der Waals surface area contributed by atoms with Gasteiger partial charge in [0.1, 0.15) is 11.6 Å². The van der Waals surface area contributed by atoms with Gasteiger partial charge in [0.25, 0.3) is 0 Å². The molecule has 0 aromatic carbocycles. The summed E-state index contributed by atoms with van der Waals surface area (Å²) >= 11 is 0. The van der Waals surface area contributed by atoms with Gasteiger partial charge in [0.05, 0.1) is 6.61 Å². The zero-order valence-electron chi connectivity index (χ0n) is 14.4. The number of esters is 2. The predicted octanol–water partition coefficient (Wildman–Crippen LogP) is 2.35. The van der Waals surface area contributed by atoms with Gasteiger partial charge in [-0.2, -0.15) is 0 Å². The van der Waals surface area contributed by atoms with Crippen molar-refractivity contribution in [2.75, 3.05) is 6.61 Å². The average Bonchev–Trinajstić information content (AvgIpc) is 2.34. The predicted molar refractivity (Wildman–Crippen MR) is 83.2 cm³/mol. The van der Waals surface area contributed by atoms with Gasteiger partial charge in [0.2, 0.25) is 5.91 Å². The van der Waals surface area contributed by atoms with E-state index in [0.717, 1.165) is 12.8 Å². The van der Waals surface area contributed by atoms with E-state index in [1.54, 1.807) is 6.92 Å². The van der Waals surface area contributed by atoms with Crippen LogP contribution in [0.3, 0.4) is 0 Å². The Balaban J connectivity index is 4.00. The van der Waals surface area contributed by atoms with E-state index >= 15 is 0 Å². The number of rotatable bonds is 9. The number of nitrogens with one attached hydrogen (secondary N) is 1. The topological polar surface area (TPSA) is 81.7 Å². The highest BCUT2D eigenvalue weighted by Gasteiger charge is 2.20. The van der Waals surface area contributed by atoms with Gasteiger partial charge < -0.3 is 14.8 Å². The van der Waals surface area contributed by atoms with E-state index in [2.05, 4.69) is 5.32 Å². The molecule has 6 heteroatoms. The SMILES string of the molecule is CCOC(=O)C(CCCCCC(=O)OC(C)(C)C)NC(C)=O. The maximum Gasteiger partial charge on any atom is 0.328 e. The molecule has 0 heterocycles. The molecule has 6 nitrogen and oxygen atoms in total. The molecule has 0 spiro atoms. The molecule has 0 saturated carbocycles. The summed E-state index contributed by atoms with van der Waals surface area (Å²) in [6.45, 7) is 8.89. The van der Waals surface area contributed by atoms with Crippen LogP contribution in [0.25, 0.3) is 0 Å². The average molecular weight is 315 g/mol. The van der Waals surface area contributed by atoms with Crippen molar-refractivity contribution < 1.29 is 23.9 Å². The Morgan fingerprint density at radius 1 is 1.09 bits per heavy atom. The summed E-state index contributed by atoms with van der Waals surface area (Å²) in [4.78, 5) is 34.3. The summed E-state index contributed by atoms with van der Waals surface area (Å²) in [5.74, 6) is -0.882. The third-order valence-corrected chi connectivity index (χ3v) is 2.74. The van der Waals surface area contributed by atoms with Crippen LogP contribution < -0.4 is 5.32 Å². The lowest BCUT2D eigenvalue weighted by atomic mass is 10.1. The van der Waals surface area contributed by atoms with E-state index in [-0.39, 0.29) is 18.5 Å². The molecule has 0 saturated heterocycles. The fourth-order valence-corrected chi connectivity index (χ4v) is 1.92. The summed E-state index contributed by atoms with van der Waals surface area (Å²) in [5, 5.41) is 2.59. The zero-order chi connectivity index (χ0) is 17.2. The molecule has 0 aliphatic rings. The second kappa shape index (κ2) is 10.2. The van der Waals surface area contributed by atoms with Gasteiger partial charge in [0.15, 0.2) is 0 Å². The Hall–Kier alpha value is -1.59. The van der Waals surface area contributed by atoms with Crippen molar-refractivity contribution in [3.05, 3.63) is 0 Å². The highest BCUT2D eigenvalue weighted by atomic mass is 16.6. The lowest BCUT2D eigenvalue weighted by molar-refractivity contribution is -0.155. The van der Waals surface area contributed by atoms with Crippen LogP contribution in [0.1, 0.15) is 66.7 Å². The van der Waals surface area contributed by atoms with Crippen molar-refractivity contribution in [3.8, 4) is 0 Å². The first kappa shape index (κ1) is 20.4. The number of hydrogen-bond donors (Lipinski definition) is 1.